The fourth-order valence-electron chi connectivity index (χ4n) is 1.13. The fraction of sp³-hybridized carbons (Fsp3) is 0.250. The lowest BCUT2D eigenvalue weighted by atomic mass is 10.2. The zero-order valence-electron chi connectivity index (χ0n) is 8.59. The highest BCUT2D eigenvalue weighted by atomic mass is 35.5. The van der Waals surface area contributed by atoms with Crippen LogP contribution in [0.3, 0.4) is 0 Å². The first-order valence-electron chi connectivity index (χ1n) is 4.48. The molecule has 0 fully saturated rings. The minimum atomic E-state index is -3.59. The summed E-state index contributed by atoms with van der Waals surface area (Å²) in [5, 5.41) is 18.3. The summed E-state index contributed by atoms with van der Waals surface area (Å²) in [7, 11) is -3.59. The number of nitrogens with zero attached hydrogens (tertiary/aromatic N) is 1. The van der Waals surface area contributed by atoms with Crippen LogP contribution in [0.15, 0.2) is 18.2 Å². The van der Waals surface area contributed by atoms with Gasteiger partial charge < -0.3 is 5.32 Å². The second-order valence-corrected chi connectivity index (χ2v) is 5.38. The number of anilines is 1. The number of rotatable bonds is 5. The van der Waals surface area contributed by atoms with Crippen LogP contribution < -0.4 is 10.5 Å². The SMILES string of the molecule is NS(=O)(=O)CCNc1ccc(Cl)cc1[N+](=O)[O-]. The van der Waals surface area contributed by atoms with Gasteiger partial charge in [-0.05, 0) is 12.1 Å². The topological polar surface area (TPSA) is 115 Å². The molecule has 0 saturated carbocycles. The Bertz CT molecular complexity index is 532. The first kappa shape index (κ1) is 13.7. The second kappa shape index (κ2) is 5.30. The molecule has 7 nitrogen and oxygen atoms in total. The zero-order chi connectivity index (χ0) is 13.1. The van der Waals surface area contributed by atoms with Crippen molar-refractivity contribution in [2.24, 2.45) is 5.14 Å². The minimum absolute atomic E-state index is 0.0126. The van der Waals surface area contributed by atoms with Crippen molar-refractivity contribution in [3.8, 4) is 0 Å². The number of nitro groups is 1. The fourth-order valence-corrected chi connectivity index (χ4v) is 1.69. The lowest BCUT2D eigenvalue weighted by Gasteiger charge is -2.06. The van der Waals surface area contributed by atoms with Crippen molar-refractivity contribution in [3.05, 3.63) is 33.3 Å². The smallest absolute Gasteiger partial charge is 0.293 e. The van der Waals surface area contributed by atoms with Gasteiger partial charge >= 0.3 is 0 Å². The molecule has 1 rings (SSSR count). The molecule has 0 saturated heterocycles. The molecule has 0 aromatic heterocycles. The summed E-state index contributed by atoms with van der Waals surface area (Å²) in [6.07, 6.45) is 0. The second-order valence-electron chi connectivity index (χ2n) is 3.21. The lowest BCUT2D eigenvalue weighted by Crippen LogP contribution is -2.22. The Morgan fingerprint density at radius 1 is 1.47 bits per heavy atom. The maximum atomic E-state index is 10.7. The number of nitrogens with two attached hydrogens (primary N) is 1. The molecule has 0 radical (unpaired) electrons. The van der Waals surface area contributed by atoms with Gasteiger partial charge in [0.1, 0.15) is 5.69 Å². The molecule has 0 heterocycles. The van der Waals surface area contributed by atoms with Gasteiger partial charge in [-0.15, -0.1) is 0 Å². The van der Waals surface area contributed by atoms with Crippen LogP contribution in [0.5, 0.6) is 0 Å². The molecule has 0 spiro atoms. The Morgan fingerprint density at radius 3 is 2.65 bits per heavy atom. The van der Waals surface area contributed by atoms with E-state index in [1.807, 2.05) is 0 Å². The molecule has 9 heteroatoms. The summed E-state index contributed by atoms with van der Waals surface area (Å²) in [5.74, 6) is -0.313. The monoisotopic (exact) mass is 279 g/mol. The van der Waals surface area contributed by atoms with Gasteiger partial charge in [-0.3, -0.25) is 10.1 Å². The number of benzene rings is 1. The van der Waals surface area contributed by atoms with Gasteiger partial charge in [-0.2, -0.15) is 0 Å². The van der Waals surface area contributed by atoms with Crippen LogP contribution in [0.1, 0.15) is 0 Å². The lowest BCUT2D eigenvalue weighted by molar-refractivity contribution is -0.383. The van der Waals surface area contributed by atoms with Gasteiger partial charge in [0.05, 0.1) is 10.7 Å². The third-order valence-corrected chi connectivity index (χ3v) is 2.87. The minimum Gasteiger partial charge on any atom is -0.378 e. The molecule has 0 aliphatic heterocycles. The number of hydrogen-bond donors (Lipinski definition) is 2. The molecule has 0 atom stereocenters. The Labute approximate surface area is 103 Å². The Morgan fingerprint density at radius 2 is 2.12 bits per heavy atom. The summed E-state index contributed by atoms with van der Waals surface area (Å²) >= 11 is 5.62. The van der Waals surface area contributed by atoms with E-state index in [2.05, 4.69) is 5.32 Å². The summed E-state index contributed by atoms with van der Waals surface area (Å²) in [6.45, 7) is -0.0126. The standard InChI is InChI=1S/C8H10ClN3O4S/c9-6-1-2-7(8(5-6)12(13)14)11-3-4-17(10,15)16/h1-2,5,11H,3-4H2,(H2,10,15,16). The summed E-state index contributed by atoms with van der Waals surface area (Å²) in [5.41, 5.74) is -0.0185. The average molecular weight is 280 g/mol. The highest BCUT2D eigenvalue weighted by Crippen LogP contribution is 2.27. The van der Waals surface area contributed by atoms with Crippen LogP contribution in [-0.2, 0) is 10.0 Å². The third kappa shape index (κ3) is 4.55. The maximum absolute atomic E-state index is 10.7. The van der Waals surface area contributed by atoms with Gasteiger partial charge in [0.25, 0.3) is 5.69 Å². The van der Waals surface area contributed by atoms with E-state index in [-0.39, 0.29) is 28.7 Å². The van der Waals surface area contributed by atoms with E-state index in [9.17, 15) is 18.5 Å². The molecule has 1 aromatic carbocycles. The van der Waals surface area contributed by atoms with Crippen LogP contribution in [-0.4, -0.2) is 25.6 Å². The van der Waals surface area contributed by atoms with E-state index in [1.165, 1.54) is 18.2 Å². The Kier molecular flexibility index (Phi) is 4.27. The van der Waals surface area contributed by atoms with Crippen molar-refractivity contribution in [2.45, 2.75) is 0 Å². The van der Waals surface area contributed by atoms with Crippen LogP contribution in [0.4, 0.5) is 11.4 Å². The summed E-state index contributed by atoms with van der Waals surface area (Å²) in [4.78, 5) is 10.1. The molecule has 17 heavy (non-hydrogen) atoms. The van der Waals surface area contributed by atoms with Crippen LogP contribution in [0.2, 0.25) is 5.02 Å². The quantitative estimate of drug-likeness (QED) is 0.615. The first-order chi connectivity index (χ1) is 7.79. The highest BCUT2D eigenvalue weighted by Gasteiger charge is 2.14. The predicted octanol–water partition coefficient (Wildman–Crippen LogP) is 0.949. The molecule has 1 aromatic rings. The molecule has 3 N–H and O–H groups in total. The number of nitrogens with one attached hydrogen (secondary N) is 1. The molecule has 0 aliphatic carbocycles. The van der Waals surface area contributed by atoms with E-state index < -0.39 is 14.9 Å². The van der Waals surface area contributed by atoms with Crippen molar-refractivity contribution < 1.29 is 13.3 Å². The van der Waals surface area contributed by atoms with Crippen molar-refractivity contribution >= 4 is 33.0 Å². The van der Waals surface area contributed by atoms with Crippen molar-refractivity contribution in [3.63, 3.8) is 0 Å². The van der Waals surface area contributed by atoms with Gasteiger partial charge in [0.15, 0.2) is 0 Å². The van der Waals surface area contributed by atoms with Gasteiger partial charge in [0, 0.05) is 17.6 Å². The zero-order valence-corrected chi connectivity index (χ0v) is 10.2. The first-order valence-corrected chi connectivity index (χ1v) is 6.57. The number of hydrogen-bond acceptors (Lipinski definition) is 5. The van der Waals surface area contributed by atoms with E-state index in [4.69, 9.17) is 16.7 Å². The van der Waals surface area contributed by atoms with Crippen molar-refractivity contribution in [1.82, 2.24) is 0 Å². The normalized spacial score (nSPS) is 11.2. The number of sulfonamides is 1. The van der Waals surface area contributed by atoms with Crippen molar-refractivity contribution in [2.75, 3.05) is 17.6 Å². The summed E-state index contributed by atoms with van der Waals surface area (Å²) in [6, 6.07) is 4.05. The van der Waals surface area contributed by atoms with E-state index in [0.717, 1.165) is 0 Å². The van der Waals surface area contributed by atoms with Gasteiger partial charge in [0.2, 0.25) is 10.0 Å². The largest absolute Gasteiger partial charge is 0.378 e. The van der Waals surface area contributed by atoms with E-state index >= 15 is 0 Å². The van der Waals surface area contributed by atoms with E-state index in [1.54, 1.807) is 0 Å². The van der Waals surface area contributed by atoms with E-state index in [0.29, 0.717) is 0 Å². The van der Waals surface area contributed by atoms with Gasteiger partial charge in [-0.1, -0.05) is 11.6 Å². The molecular formula is C8H10ClN3O4S. The van der Waals surface area contributed by atoms with Crippen molar-refractivity contribution in [1.29, 1.82) is 0 Å². The average Bonchev–Trinajstić information content (AvgIpc) is 2.18. The summed E-state index contributed by atoms with van der Waals surface area (Å²) < 4.78 is 21.4. The maximum Gasteiger partial charge on any atom is 0.293 e. The number of halogens is 1. The Hall–Kier alpha value is -1.38. The van der Waals surface area contributed by atoms with Crippen LogP contribution in [0, 0.1) is 10.1 Å². The molecule has 0 amide bonds. The number of primary sulfonamides is 1. The molecule has 94 valence electrons. The highest BCUT2D eigenvalue weighted by molar-refractivity contribution is 7.89. The molecule has 0 bridgehead atoms. The van der Waals surface area contributed by atoms with Gasteiger partial charge in [-0.25, -0.2) is 13.6 Å². The van der Waals surface area contributed by atoms with Crippen LogP contribution >= 0.6 is 11.6 Å². The number of nitro benzene ring substituents is 1. The van der Waals surface area contributed by atoms with Crippen LogP contribution in [0.25, 0.3) is 0 Å². The Balaban J connectivity index is 2.81. The third-order valence-electron chi connectivity index (χ3n) is 1.86. The molecular weight excluding hydrogens is 270 g/mol. The predicted molar refractivity (Wildman–Crippen MR) is 64.6 cm³/mol. The molecule has 0 unspecified atom stereocenters. The molecule has 0 aliphatic rings.